The zero-order chi connectivity index (χ0) is 10.5. The highest BCUT2D eigenvalue weighted by atomic mass is 35.5. The van der Waals surface area contributed by atoms with Crippen molar-refractivity contribution >= 4 is 23.2 Å². The normalized spacial score (nSPS) is 28.2. The number of anilines is 1. The minimum atomic E-state index is -0.486. The number of carbonyl (C=O) groups is 1. The molecule has 0 radical (unpaired) electrons. The second-order valence-corrected chi connectivity index (χ2v) is 4.47. The zero-order valence-electron chi connectivity index (χ0n) is 8.05. The summed E-state index contributed by atoms with van der Waals surface area (Å²) >= 11 is 5.95. The smallest absolute Gasteiger partial charge is 0.237 e. The average molecular weight is 224 g/mol. The number of ether oxygens (including phenoxy) is 1. The molecule has 1 atom stereocenters. The first kappa shape index (κ1) is 9.19. The van der Waals surface area contributed by atoms with Crippen molar-refractivity contribution in [2.24, 2.45) is 0 Å². The molecular formula is C11H10ClNO2. The Bertz CT molecular complexity index is 438. The number of hydrogen-bond acceptors (Lipinski definition) is 2. The summed E-state index contributed by atoms with van der Waals surface area (Å²) in [5.74, 6) is 0.0391. The quantitative estimate of drug-likeness (QED) is 0.730. The summed E-state index contributed by atoms with van der Waals surface area (Å²) in [6, 6.07) is 5.50. The molecule has 1 unspecified atom stereocenters. The number of nitrogens with one attached hydrogen (secondary N) is 1. The van der Waals surface area contributed by atoms with Gasteiger partial charge in [-0.15, -0.1) is 0 Å². The Hall–Kier alpha value is -1.06. The van der Waals surface area contributed by atoms with Gasteiger partial charge >= 0.3 is 0 Å². The molecule has 2 aliphatic rings. The minimum Gasteiger partial charge on any atom is -0.380 e. The third-order valence-electron chi connectivity index (χ3n) is 3.20. The largest absolute Gasteiger partial charge is 0.380 e. The van der Waals surface area contributed by atoms with E-state index in [4.69, 9.17) is 16.3 Å². The van der Waals surface area contributed by atoms with E-state index >= 15 is 0 Å². The third kappa shape index (κ3) is 1.13. The van der Waals surface area contributed by atoms with E-state index in [-0.39, 0.29) is 5.91 Å². The number of benzene rings is 1. The van der Waals surface area contributed by atoms with Crippen LogP contribution in [0.3, 0.4) is 0 Å². The van der Waals surface area contributed by atoms with E-state index in [1.807, 2.05) is 12.1 Å². The molecule has 1 aromatic carbocycles. The van der Waals surface area contributed by atoms with Gasteiger partial charge in [-0.25, -0.2) is 0 Å². The molecule has 0 saturated carbocycles. The van der Waals surface area contributed by atoms with E-state index in [2.05, 4.69) is 5.32 Å². The summed E-state index contributed by atoms with van der Waals surface area (Å²) in [6.45, 7) is 1.10. The Kier molecular flexibility index (Phi) is 1.82. The molecule has 1 saturated heterocycles. The van der Waals surface area contributed by atoms with E-state index in [1.165, 1.54) is 0 Å². The average Bonchev–Trinajstić information content (AvgIpc) is 2.78. The molecule has 78 valence electrons. The Morgan fingerprint density at radius 1 is 1.47 bits per heavy atom. The molecule has 1 spiro atoms. The minimum absolute atomic E-state index is 0.0391. The van der Waals surface area contributed by atoms with Crippen molar-refractivity contribution in [1.29, 1.82) is 0 Å². The maximum atomic E-state index is 11.9. The van der Waals surface area contributed by atoms with E-state index in [1.54, 1.807) is 6.07 Å². The Morgan fingerprint density at radius 3 is 3.07 bits per heavy atom. The molecule has 0 aliphatic carbocycles. The van der Waals surface area contributed by atoms with Crippen molar-refractivity contribution < 1.29 is 9.53 Å². The van der Waals surface area contributed by atoms with Crippen LogP contribution in [0, 0.1) is 0 Å². The van der Waals surface area contributed by atoms with Crippen LogP contribution < -0.4 is 5.32 Å². The van der Waals surface area contributed by atoms with Gasteiger partial charge in [0.15, 0.2) is 0 Å². The Labute approximate surface area is 92.4 Å². The number of carbonyl (C=O) groups excluding carboxylic acids is 1. The van der Waals surface area contributed by atoms with E-state index in [9.17, 15) is 4.79 Å². The number of fused-ring (bicyclic) bond motifs is 2. The Balaban J connectivity index is 2.19. The summed E-state index contributed by atoms with van der Waals surface area (Å²) in [4.78, 5) is 11.9. The number of rotatable bonds is 0. The molecular weight excluding hydrogens is 214 g/mol. The van der Waals surface area contributed by atoms with Crippen LogP contribution in [0.25, 0.3) is 0 Å². The first-order chi connectivity index (χ1) is 7.22. The number of hydrogen-bond donors (Lipinski definition) is 1. The molecule has 15 heavy (non-hydrogen) atoms. The number of amides is 1. The SMILES string of the molecule is O=C1Nc2ccc(Cl)cc2C12CCOC2. The standard InChI is InChI=1S/C11H10ClNO2/c12-7-1-2-9-8(5-7)11(10(14)13-9)3-4-15-6-11/h1-2,5H,3-4,6H2,(H,13,14). The lowest BCUT2D eigenvalue weighted by Crippen LogP contribution is -2.34. The second kappa shape index (κ2) is 2.97. The van der Waals surface area contributed by atoms with Crippen LogP contribution >= 0.6 is 11.6 Å². The molecule has 2 heterocycles. The summed E-state index contributed by atoms with van der Waals surface area (Å²) in [5, 5.41) is 3.54. The maximum absolute atomic E-state index is 11.9. The van der Waals surface area contributed by atoms with Crippen LogP contribution in [0.4, 0.5) is 5.69 Å². The highest BCUT2D eigenvalue weighted by Gasteiger charge is 2.49. The van der Waals surface area contributed by atoms with Crippen molar-refractivity contribution in [1.82, 2.24) is 0 Å². The van der Waals surface area contributed by atoms with Crippen LogP contribution in [0.1, 0.15) is 12.0 Å². The summed E-state index contributed by atoms with van der Waals surface area (Å²) in [7, 11) is 0. The van der Waals surface area contributed by atoms with Gasteiger partial charge in [-0.1, -0.05) is 11.6 Å². The van der Waals surface area contributed by atoms with Crippen molar-refractivity contribution in [3.63, 3.8) is 0 Å². The first-order valence-corrected chi connectivity index (χ1v) is 5.29. The maximum Gasteiger partial charge on any atom is 0.237 e. The van der Waals surface area contributed by atoms with Crippen LogP contribution in [0.15, 0.2) is 18.2 Å². The molecule has 1 aromatic rings. The molecule has 1 fully saturated rings. The highest BCUT2D eigenvalue weighted by molar-refractivity contribution is 6.31. The van der Waals surface area contributed by atoms with E-state index in [0.717, 1.165) is 17.7 Å². The molecule has 3 rings (SSSR count). The molecule has 0 aromatic heterocycles. The Morgan fingerprint density at radius 2 is 2.33 bits per heavy atom. The van der Waals surface area contributed by atoms with Crippen molar-refractivity contribution in [3.05, 3.63) is 28.8 Å². The molecule has 2 aliphatic heterocycles. The fraction of sp³-hybridized carbons (Fsp3) is 0.364. The van der Waals surface area contributed by atoms with Crippen LogP contribution in [0.5, 0.6) is 0 Å². The fourth-order valence-corrected chi connectivity index (χ4v) is 2.51. The topological polar surface area (TPSA) is 38.3 Å². The lowest BCUT2D eigenvalue weighted by Gasteiger charge is -2.18. The van der Waals surface area contributed by atoms with Crippen molar-refractivity contribution in [3.8, 4) is 0 Å². The summed E-state index contributed by atoms with van der Waals surface area (Å²) in [5.41, 5.74) is 1.37. The van der Waals surface area contributed by atoms with Gasteiger partial charge in [0.2, 0.25) is 5.91 Å². The second-order valence-electron chi connectivity index (χ2n) is 4.03. The van der Waals surface area contributed by atoms with Gasteiger partial charge in [0.05, 0.1) is 6.61 Å². The van der Waals surface area contributed by atoms with Gasteiger partial charge in [-0.2, -0.15) is 0 Å². The highest BCUT2D eigenvalue weighted by Crippen LogP contribution is 2.44. The van der Waals surface area contributed by atoms with Gasteiger partial charge in [-0.05, 0) is 30.2 Å². The fourth-order valence-electron chi connectivity index (χ4n) is 2.34. The lowest BCUT2D eigenvalue weighted by atomic mass is 9.81. The predicted octanol–water partition coefficient (Wildman–Crippen LogP) is 1.95. The molecule has 0 bridgehead atoms. The van der Waals surface area contributed by atoms with E-state index < -0.39 is 5.41 Å². The summed E-state index contributed by atoms with van der Waals surface area (Å²) < 4.78 is 5.35. The molecule has 1 N–H and O–H groups in total. The molecule has 1 amide bonds. The zero-order valence-corrected chi connectivity index (χ0v) is 8.80. The van der Waals surface area contributed by atoms with Crippen LogP contribution in [-0.4, -0.2) is 19.1 Å². The third-order valence-corrected chi connectivity index (χ3v) is 3.44. The van der Waals surface area contributed by atoms with Gasteiger partial charge in [0.25, 0.3) is 0 Å². The van der Waals surface area contributed by atoms with Gasteiger partial charge in [0, 0.05) is 17.3 Å². The van der Waals surface area contributed by atoms with Gasteiger partial charge in [-0.3, -0.25) is 4.79 Å². The monoisotopic (exact) mass is 223 g/mol. The van der Waals surface area contributed by atoms with Gasteiger partial charge in [0.1, 0.15) is 5.41 Å². The van der Waals surface area contributed by atoms with Crippen molar-refractivity contribution in [2.75, 3.05) is 18.5 Å². The van der Waals surface area contributed by atoms with Crippen molar-refractivity contribution in [2.45, 2.75) is 11.8 Å². The van der Waals surface area contributed by atoms with Crippen LogP contribution in [-0.2, 0) is 14.9 Å². The molecule has 4 heteroatoms. The first-order valence-electron chi connectivity index (χ1n) is 4.92. The lowest BCUT2D eigenvalue weighted by molar-refractivity contribution is -0.120. The van der Waals surface area contributed by atoms with Crippen LogP contribution in [0.2, 0.25) is 5.02 Å². The van der Waals surface area contributed by atoms with E-state index in [0.29, 0.717) is 18.2 Å². The predicted molar refractivity (Wildman–Crippen MR) is 57.2 cm³/mol. The molecule has 3 nitrogen and oxygen atoms in total. The summed E-state index contributed by atoms with van der Waals surface area (Å²) in [6.07, 6.45) is 0.742. The van der Waals surface area contributed by atoms with Gasteiger partial charge < -0.3 is 10.1 Å². The number of halogens is 1.